The second-order valence-electron chi connectivity index (χ2n) is 9.16. The zero-order chi connectivity index (χ0) is 22.4. The first-order chi connectivity index (χ1) is 16.1. The van der Waals surface area contributed by atoms with Crippen LogP contribution in [0.4, 0.5) is 9.18 Å². The van der Waals surface area contributed by atoms with Gasteiger partial charge in [0.1, 0.15) is 17.2 Å². The first kappa shape index (κ1) is 20.4. The summed E-state index contributed by atoms with van der Waals surface area (Å²) < 4.78 is 21.6. The maximum absolute atomic E-state index is 13.3. The Labute approximate surface area is 191 Å². The molecule has 2 atom stereocenters. The number of amides is 2. The number of halogens is 1. The van der Waals surface area contributed by atoms with Crippen molar-refractivity contribution in [3.63, 3.8) is 0 Å². The van der Waals surface area contributed by atoms with Crippen LogP contribution >= 0.6 is 0 Å². The Kier molecular flexibility index (Phi) is 4.90. The topological polar surface area (TPSA) is 72.3 Å². The first-order valence-electron chi connectivity index (χ1n) is 11.6. The molecule has 7 nitrogen and oxygen atoms in total. The molecule has 1 saturated heterocycles. The Morgan fingerprint density at radius 1 is 1.12 bits per heavy atom. The van der Waals surface area contributed by atoms with E-state index < -0.39 is 5.60 Å². The Balaban J connectivity index is 1.16. The number of benzene rings is 2. The molecule has 0 bridgehead atoms. The van der Waals surface area contributed by atoms with Gasteiger partial charge < -0.3 is 19.5 Å². The van der Waals surface area contributed by atoms with Crippen molar-refractivity contribution in [3.8, 4) is 11.4 Å². The van der Waals surface area contributed by atoms with Crippen LogP contribution in [0.15, 0.2) is 48.5 Å². The molecule has 1 fully saturated rings. The highest BCUT2D eigenvalue weighted by molar-refractivity contribution is 5.75. The number of morpholine rings is 1. The summed E-state index contributed by atoms with van der Waals surface area (Å²) in [5.41, 5.74) is 2.96. The van der Waals surface area contributed by atoms with Gasteiger partial charge in [0.25, 0.3) is 0 Å². The largest absolute Gasteiger partial charge is 0.367 e. The molecule has 0 saturated carbocycles. The number of nitrogens with one attached hydrogen (secondary N) is 1. The Morgan fingerprint density at radius 3 is 2.85 bits per heavy atom. The number of fused-ring (bicyclic) bond motifs is 3. The average molecular weight is 448 g/mol. The lowest BCUT2D eigenvalue weighted by molar-refractivity contribution is -0.102. The molecular formula is C25H26FN5O2. The van der Waals surface area contributed by atoms with Crippen LogP contribution in [0.25, 0.3) is 11.4 Å². The van der Waals surface area contributed by atoms with Crippen molar-refractivity contribution in [1.29, 1.82) is 0 Å². The Hall–Kier alpha value is -3.26. The van der Waals surface area contributed by atoms with E-state index in [1.165, 1.54) is 23.3 Å². The van der Waals surface area contributed by atoms with Crippen molar-refractivity contribution in [1.82, 2.24) is 25.0 Å². The van der Waals surface area contributed by atoms with Gasteiger partial charge in [0.2, 0.25) is 0 Å². The van der Waals surface area contributed by atoms with Gasteiger partial charge in [0.05, 0.1) is 13.2 Å². The third kappa shape index (κ3) is 3.58. The van der Waals surface area contributed by atoms with Crippen LogP contribution in [0.2, 0.25) is 0 Å². The number of hydrogen-bond donors (Lipinski definition) is 1. The summed E-state index contributed by atoms with van der Waals surface area (Å²) in [6.45, 7) is 2.29. The highest BCUT2D eigenvalue weighted by atomic mass is 19.1. The maximum atomic E-state index is 13.3. The summed E-state index contributed by atoms with van der Waals surface area (Å²) in [5, 5.41) is 11.9. The van der Waals surface area contributed by atoms with Crippen LogP contribution in [0.1, 0.15) is 29.8 Å². The summed E-state index contributed by atoms with van der Waals surface area (Å²) in [4.78, 5) is 15.1. The van der Waals surface area contributed by atoms with Gasteiger partial charge in [-0.1, -0.05) is 24.3 Å². The molecule has 1 aromatic heterocycles. The summed E-state index contributed by atoms with van der Waals surface area (Å²) in [6.07, 6.45) is 3.44. The number of nitrogens with zero attached hydrogens (tertiary/aromatic N) is 4. The smallest absolute Gasteiger partial charge is 0.317 e. The molecule has 2 aliphatic heterocycles. The lowest BCUT2D eigenvalue weighted by Gasteiger charge is -2.41. The lowest BCUT2D eigenvalue weighted by Crippen LogP contribution is -2.56. The van der Waals surface area contributed by atoms with Gasteiger partial charge >= 0.3 is 6.03 Å². The monoisotopic (exact) mass is 447 g/mol. The molecule has 3 heterocycles. The van der Waals surface area contributed by atoms with Gasteiger partial charge in [-0.05, 0) is 54.7 Å². The molecule has 6 rings (SSSR count). The van der Waals surface area contributed by atoms with Crippen molar-refractivity contribution >= 4 is 6.03 Å². The number of aryl methyl sites for hydroxylation is 2. The van der Waals surface area contributed by atoms with Gasteiger partial charge in [0.15, 0.2) is 5.82 Å². The molecule has 33 heavy (non-hydrogen) atoms. The molecule has 170 valence electrons. The molecule has 8 heteroatoms. The molecule has 1 spiro atoms. The summed E-state index contributed by atoms with van der Waals surface area (Å²) in [7, 11) is 0. The molecule has 3 aliphatic rings. The van der Waals surface area contributed by atoms with Gasteiger partial charge in [-0.25, -0.2) is 9.18 Å². The first-order valence-corrected chi connectivity index (χ1v) is 11.6. The lowest BCUT2D eigenvalue weighted by atomic mass is 9.94. The van der Waals surface area contributed by atoms with Gasteiger partial charge in [0, 0.05) is 31.1 Å². The van der Waals surface area contributed by atoms with Crippen molar-refractivity contribution in [2.24, 2.45) is 0 Å². The number of carbonyl (C=O) groups excluding carboxylic acids is 1. The normalized spacial score (nSPS) is 23.9. The van der Waals surface area contributed by atoms with Crippen molar-refractivity contribution in [2.75, 3.05) is 19.7 Å². The van der Waals surface area contributed by atoms with E-state index in [1.807, 2.05) is 15.5 Å². The summed E-state index contributed by atoms with van der Waals surface area (Å²) in [5.74, 6) is 1.32. The second-order valence-corrected chi connectivity index (χ2v) is 9.16. The highest BCUT2D eigenvalue weighted by Gasteiger charge is 2.44. The highest BCUT2D eigenvalue weighted by Crippen LogP contribution is 2.42. The number of rotatable bonds is 2. The van der Waals surface area contributed by atoms with Crippen molar-refractivity contribution < 1.29 is 13.9 Å². The second kappa shape index (κ2) is 7.95. The van der Waals surface area contributed by atoms with Crippen LogP contribution in [-0.4, -0.2) is 51.4 Å². The number of ether oxygens (including phenoxy) is 1. The molecule has 2 aromatic carbocycles. The van der Waals surface area contributed by atoms with Gasteiger partial charge in [-0.3, -0.25) is 0 Å². The van der Waals surface area contributed by atoms with Crippen LogP contribution in [-0.2, 0) is 29.7 Å². The number of aromatic nitrogens is 3. The standard InChI is InChI=1S/C25H26FN5O2/c26-19-7-5-18(6-8-19)23-29-28-22-10-9-20(15-31(22)23)27-24(32)30-13-14-33-25(16-30)12-11-17-3-1-2-4-21(17)25/h1-8,20H,9-16H2,(H,27,32). The van der Waals surface area contributed by atoms with E-state index in [-0.39, 0.29) is 17.9 Å². The van der Waals surface area contributed by atoms with E-state index in [9.17, 15) is 9.18 Å². The summed E-state index contributed by atoms with van der Waals surface area (Å²) in [6, 6.07) is 14.6. The number of urea groups is 1. The van der Waals surface area contributed by atoms with E-state index in [2.05, 4.69) is 33.7 Å². The average Bonchev–Trinajstić information content (AvgIpc) is 3.42. The maximum Gasteiger partial charge on any atom is 0.317 e. The fraction of sp³-hybridized carbons (Fsp3) is 0.400. The molecule has 2 unspecified atom stereocenters. The minimum Gasteiger partial charge on any atom is -0.367 e. The molecule has 0 radical (unpaired) electrons. The minimum absolute atomic E-state index is 0.0187. The molecule has 1 N–H and O–H groups in total. The van der Waals surface area contributed by atoms with Crippen molar-refractivity contribution in [2.45, 2.75) is 43.9 Å². The molecular weight excluding hydrogens is 421 g/mol. The van der Waals surface area contributed by atoms with Crippen LogP contribution in [0.3, 0.4) is 0 Å². The Bertz CT molecular complexity index is 1190. The fourth-order valence-electron chi connectivity index (χ4n) is 5.45. The third-order valence-electron chi connectivity index (χ3n) is 7.16. The van der Waals surface area contributed by atoms with E-state index in [4.69, 9.17) is 4.74 Å². The predicted octanol–water partition coefficient (Wildman–Crippen LogP) is 3.28. The van der Waals surface area contributed by atoms with E-state index in [0.29, 0.717) is 32.1 Å². The summed E-state index contributed by atoms with van der Waals surface area (Å²) >= 11 is 0. The van der Waals surface area contributed by atoms with Gasteiger partial charge in [-0.2, -0.15) is 0 Å². The zero-order valence-corrected chi connectivity index (χ0v) is 18.3. The number of carbonyl (C=O) groups is 1. The zero-order valence-electron chi connectivity index (χ0n) is 18.3. The van der Waals surface area contributed by atoms with E-state index in [1.54, 1.807) is 12.1 Å². The van der Waals surface area contributed by atoms with E-state index in [0.717, 1.165) is 37.1 Å². The molecule has 2 amide bonds. The molecule has 1 aliphatic carbocycles. The Morgan fingerprint density at radius 2 is 1.97 bits per heavy atom. The third-order valence-corrected chi connectivity index (χ3v) is 7.16. The quantitative estimate of drug-likeness (QED) is 0.655. The van der Waals surface area contributed by atoms with E-state index >= 15 is 0 Å². The van der Waals surface area contributed by atoms with Crippen LogP contribution in [0.5, 0.6) is 0 Å². The van der Waals surface area contributed by atoms with Crippen LogP contribution < -0.4 is 5.32 Å². The van der Waals surface area contributed by atoms with Crippen molar-refractivity contribution in [3.05, 3.63) is 71.3 Å². The molecule has 3 aromatic rings. The SMILES string of the molecule is O=C(NC1CCc2nnc(-c3ccc(F)cc3)n2C1)N1CCOC2(CCc3ccccc32)C1. The minimum atomic E-state index is -0.393. The number of hydrogen-bond acceptors (Lipinski definition) is 4. The predicted molar refractivity (Wildman–Crippen MR) is 120 cm³/mol. The van der Waals surface area contributed by atoms with Gasteiger partial charge in [-0.15, -0.1) is 10.2 Å². The fourth-order valence-corrected chi connectivity index (χ4v) is 5.45. The van der Waals surface area contributed by atoms with Crippen LogP contribution in [0, 0.1) is 5.82 Å².